The highest BCUT2D eigenvalue weighted by Crippen LogP contribution is 2.36. The highest BCUT2D eigenvalue weighted by atomic mass is 16.5. The molecular formula is C20H25NO3. The van der Waals surface area contributed by atoms with Gasteiger partial charge in [0.2, 0.25) is 0 Å². The molecule has 0 unspecified atom stereocenters. The Balaban J connectivity index is 1.92. The minimum atomic E-state index is -0.672. The third-order valence-corrected chi connectivity index (χ3v) is 4.68. The maximum absolute atomic E-state index is 12.9. The lowest BCUT2D eigenvalue weighted by Gasteiger charge is -2.27. The molecule has 1 amide bonds. The number of amides is 1. The van der Waals surface area contributed by atoms with Crippen molar-refractivity contribution in [3.63, 3.8) is 0 Å². The van der Waals surface area contributed by atoms with Gasteiger partial charge in [0.05, 0.1) is 6.61 Å². The van der Waals surface area contributed by atoms with Gasteiger partial charge >= 0.3 is 0 Å². The second-order valence-electron chi connectivity index (χ2n) is 6.18. The molecule has 0 radical (unpaired) electrons. The van der Waals surface area contributed by atoms with Crippen LogP contribution in [0.25, 0.3) is 10.8 Å². The van der Waals surface area contributed by atoms with E-state index in [1.165, 1.54) is 0 Å². The first kappa shape index (κ1) is 16.8. The van der Waals surface area contributed by atoms with E-state index >= 15 is 0 Å². The van der Waals surface area contributed by atoms with Gasteiger partial charge in [0.15, 0.2) is 0 Å². The Kier molecular flexibility index (Phi) is 5.05. The molecule has 4 heteroatoms. The maximum atomic E-state index is 12.9. The lowest BCUT2D eigenvalue weighted by molar-refractivity contribution is -0.140. The fourth-order valence-electron chi connectivity index (χ4n) is 3.56. The zero-order valence-electron chi connectivity index (χ0n) is 14.4. The molecule has 2 aromatic rings. The van der Waals surface area contributed by atoms with Crippen LogP contribution >= 0.6 is 0 Å². The van der Waals surface area contributed by atoms with Crippen molar-refractivity contribution < 1.29 is 14.3 Å². The van der Waals surface area contributed by atoms with Gasteiger partial charge in [-0.3, -0.25) is 4.79 Å². The van der Waals surface area contributed by atoms with Crippen molar-refractivity contribution in [2.45, 2.75) is 45.1 Å². The van der Waals surface area contributed by atoms with Crippen LogP contribution < -0.4 is 10.1 Å². The molecule has 0 saturated heterocycles. The first-order valence-electron chi connectivity index (χ1n) is 8.80. The summed E-state index contributed by atoms with van der Waals surface area (Å²) in [6.45, 7) is 5.08. The third-order valence-electron chi connectivity index (χ3n) is 4.68. The zero-order chi connectivity index (χ0) is 17.0. The smallest absolute Gasteiger partial charge is 0.256 e. The van der Waals surface area contributed by atoms with Gasteiger partial charge in [0, 0.05) is 23.1 Å². The lowest BCUT2D eigenvalue weighted by atomic mass is 10.00. The number of anilines is 1. The predicted octanol–water partition coefficient (Wildman–Crippen LogP) is 4.53. The van der Waals surface area contributed by atoms with Gasteiger partial charge in [0.1, 0.15) is 11.4 Å². The van der Waals surface area contributed by atoms with Gasteiger partial charge in [-0.05, 0) is 51.7 Å². The van der Waals surface area contributed by atoms with E-state index in [1.54, 1.807) is 0 Å². The maximum Gasteiger partial charge on any atom is 0.256 e. The Bertz CT molecular complexity index is 720. The predicted molar refractivity (Wildman–Crippen MR) is 96.6 cm³/mol. The number of hydrogen-bond acceptors (Lipinski definition) is 3. The second-order valence-corrected chi connectivity index (χ2v) is 6.18. The second kappa shape index (κ2) is 7.22. The number of hydrogen-bond donors (Lipinski definition) is 1. The van der Waals surface area contributed by atoms with E-state index in [4.69, 9.17) is 9.47 Å². The molecule has 1 N–H and O–H groups in total. The van der Waals surface area contributed by atoms with Gasteiger partial charge in [-0.15, -0.1) is 0 Å². The quantitative estimate of drug-likeness (QED) is 0.848. The van der Waals surface area contributed by atoms with Crippen LogP contribution in [0.1, 0.15) is 39.5 Å². The summed E-state index contributed by atoms with van der Waals surface area (Å²) in [7, 11) is 0. The molecule has 0 spiro atoms. The third kappa shape index (κ3) is 3.11. The Morgan fingerprint density at radius 3 is 2.42 bits per heavy atom. The van der Waals surface area contributed by atoms with Crippen molar-refractivity contribution in [2.75, 3.05) is 18.5 Å². The normalized spacial score (nSPS) is 16.2. The molecule has 4 nitrogen and oxygen atoms in total. The Morgan fingerprint density at radius 1 is 1.04 bits per heavy atom. The molecule has 128 valence electrons. The molecule has 2 aromatic carbocycles. The zero-order valence-corrected chi connectivity index (χ0v) is 14.4. The van der Waals surface area contributed by atoms with E-state index in [0.29, 0.717) is 13.2 Å². The molecule has 1 aliphatic rings. The fraction of sp³-hybridized carbons (Fsp3) is 0.450. The Hall–Kier alpha value is -2.07. The summed E-state index contributed by atoms with van der Waals surface area (Å²) < 4.78 is 11.6. The first-order chi connectivity index (χ1) is 11.7. The van der Waals surface area contributed by atoms with Crippen LogP contribution in [-0.4, -0.2) is 24.7 Å². The molecular weight excluding hydrogens is 302 g/mol. The Morgan fingerprint density at radius 2 is 1.75 bits per heavy atom. The highest BCUT2D eigenvalue weighted by molar-refractivity contribution is 6.06. The summed E-state index contributed by atoms with van der Waals surface area (Å²) in [6, 6.07) is 11.8. The van der Waals surface area contributed by atoms with Crippen LogP contribution in [0, 0.1) is 0 Å². The van der Waals surface area contributed by atoms with Gasteiger partial charge in [-0.2, -0.15) is 0 Å². The van der Waals surface area contributed by atoms with Crippen LogP contribution in [0.5, 0.6) is 5.75 Å². The number of nitrogens with one attached hydrogen (secondary N) is 1. The van der Waals surface area contributed by atoms with Crippen molar-refractivity contribution in [3.8, 4) is 5.75 Å². The van der Waals surface area contributed by atoms with Gasteiger partial charge < -0.3 is 14.8 Å². The number of benzene rings is 2. The number of rotatable bonds is 6. The number of fused-ring (bicyclic) bond motifs is 1. The van der Waals surface area contributed by atoms with Crippen molar-refractivity contribution in [1.29, 1.82) is 0 Å². The number of carbonyl (C=O) groups is 1. The minimum absolute atomic E-state index is 0.0313. The van der Waals surface area contributed by atoms with Crippen LogP contribution in [0.2, 0.25) is 0 Å². The molecule has 3 rings (SSSR count). The lowest BCUT2D eigenvalue weighted by Crippen LogP contribution is -2.43. The molecule has 1 fully saturated rings. The summed E-state index contributed by atoms with van der Waals surface area (Å²) in [5.41, 5.74) is 0.138. The van der Waals surface area contributed by atoms with Crippen LogP contribution in [0.4, 0.5) is 5.69 Å². The first-order valence-corrected chi connectivity index (χ1v) is 8.80. The van der Waals surface area contributed by atoms with E-state index < -0.39 is 5.60 Å². The van der Waals surface area contributed by atoms with Crippen LogP contribution in [0.3, 0.4) is 0 Å². The van der Waals surface area contributed by atoms with E-state index in [0.717, 1.165) is 47.9 Å². The number of ether oxygens (including phenoxy) is 2. The van der Waals surface area contributed by atoms with Gasteiger partial charge in [-0.25, -0.2) is 0 Å². The van der Waals surface area contributed by atoms with Gasteiger partial charge in [-0.1, -0.05) is 24.3 Å². The average Bonchev–Trinajstić information content (AvgIpc) is 3.07. The minimum Gasteiger partial charge on any atom is -0.493 e. The molecule has 0 atom stereocenters. The Labute approximate surface area is 143 Å². The van der Waals surface area contributed by atoms with E-state index in [1.807, 2.05) is 50.2 Å². The summed E-state index contributed by atoms with van der Waals surface area (Å²) in [5, 5.41) is 5.10. The van der Waals surface area contributed by atoms with E-state index in [9.17, 15) is 4.79 Å². The van der Waals surface area contributed by atoms with Crippen molar-refractivity contribution in [2.24, 2.45) is 0 Å². The van der Waals surface area contributed by atoms with Crippen molar-refractivity contribution >= 4 is 22.4 Å². The summed E-state index contributed by atoms with van der Waals surface area (Å²) in [4.78, 5) is 12.9. The topological polar surface area (TPSA) is 47.6 Å². The molecule has 0 heterocycles. The molecule has 1 saturated carbocycles. The molecule has 0 aromatic heterocycles. The summed E-state index contributed by atoms with van der Waals surface area (Å²) >= 11 is 0. The monoisotopic (exact) mass is 327 g/mol. The van der Waals surface area contributed by atoms with E-state index in [2.05, 4.69) is 5.32 Å². The summed E-state index contributed by atoms with van der Waals surface area (Å²) in [5.74, 6) is 0.808. The average molecular weight is 327 g/mol. The van der Waals surface area contributed by atoms with Crippen LogP contribution in [-0.2, 0) is 9.53 Å². The van der Waals surface area contributed by atoms with Crippen molar-refractivity contribution in [1.82, 2.24) is 0 Å². The van der Waals surface area contributed by atoms with Crippen LogP contribution in [0.15, 0.2) is 36.4 Å². The standard InChI is InChI=1S/C20H25NO3/c1-3-23-18-12-11-17(15-9-5-6-10-16(15)18)21-19(22)20(24-4-2)13-7-8-14-20/h5-6,9-12H,3-4,7-8,13-14H2,1-2H3,(H,21,22). The number of carbonyl (C=O) groups excluding carboxylic acids is 1. The van der Waals surface area contributed by atoms with E-state index in [-0.39, 0.29) is 5.91 Å². The summed E-state index contributed by atoms with van der Waals surface area (Å²) in [6.07, 6.45) is 3.66. The molecule has 0 bridgehead atoms. The van der Waals surface area contributed by atoms with Gasteiger partial charge in [0.25, 0.3) is 5.91 Å². The SMILES string of the molecule is CCOc1ccc(NC(=O)C2(OCC)CCCC2)c2ccccc12. The molecule has 0 aliphatic heterocycles. The highest BCUT2D eigenvalue weighted by Gasteiger charge is 2.42. The fourth-order valence-corrected chi connectivity index (χ4v) is 3.56. The molecule has 1 aliphatic carbocycles. The molecule has 24 heavy (non-hydrogen) atoms. The largest absolute Gasteiger partial charge is 0.493 e. The van der Waals surface area contributed by atoms with Crippen molar-refractivity contribution in [3.05, 3.63) is 36.4 Å².